The normalized spacial score (nSPS) is 39.4. The van der Waals surface area contributed by atoms with Crippen molar-refractivity contribution in [2.75, 3.05) is 6.66 Å². The molecule has 0 aromatic heterocycles. The molecule has 5 rings (SSSR count). The summed E-state index contributed by atoms with van der Waals surface area (Å²) in [6.45, 7) is 2.61. The lowest BCUT2D eigenvalue weighted by molar-refractivity contribution is 0.0356. The third-order valence-corrected chi connectivity index (χ3v) is 9.08. The minimum atomic E-state index is 0. The molecule has 3 radical (unpaired) electrons. The van der Waals surface area contributed by atoms with Gasteiger partial charge in [0.05, 0.1) is 0 Å². The SMILES string of the molecule is C[P@](Cc1ccccc1)C12CC3CC(CC(C3)C1)C2.[B]. The average Bonchev–Trinajstić information content (AvgIpc) is 2.38. The van der Waals surface area contributed by atoms with Gasteiger partial charge in [0.15, 0.2) is 0 Å². The van der Waals surface area contributed by atoms with Crippen molar-refractivity contribution in [3.8, 4) is 0 Å². The van der Waals surface area contributed by atoms with Crippen molar-refractivity contribution in [2.45, 2.75) is 49.8 Å². The fraction of sp³-hybridized carbons (Fsp3) is 0.667. The van der Waals surface area contributed by atoms with Crippen LogP contribution in [0.15, 0.2) is 30.3 Å². The van der Waals surface area contributed by atoms with Gasteiger partial charge in [-0.3, -0.25) is 0 Å². The Morgan fingerprint density at radius 2 is 1.45 bits per heavy atom. The van der Waals surface area contributed by atoms with Gasteiger partial charge in [-0.15, -0.1) is 0 Å². The van der Waals surface area contributed by atoms with Crippen LogP contribution in [0.5, 0.6) is 0 Å². The Hall–Kier alpha value is -0.285. The smallest absolute Gasteiger partial charge is 0 e. The largest absolute Gasteiger partial charge is 0.0990 e. The van der Waals surface area contributed by atoms with Gasteiger partial charge in [-0.2, -0.15) is 0 Å². The summed E-state index contributed by atoms with van der Waals surface area (Å²) in [4.78, 5) is 0. The monoisotopic (exact) mass is 283 g/mol. The Morgan fingerprint density at radius 1 is 0.950 bits per heavy atom. The summed E-state index contributed by atoms with van der Waals surface area (Å²) in [6, 6.07) is 11.2. The molecule has 0 spiro atoms. The van der Waals surface area contributed by atoms with Gasteiger partial charge in [-0.1, -0.05) is 38.3 Å². The first-order chi connectivity index (χ1) is 9.23. The first-order valence-electron chi connectivity index (χ1n) is 7.99. The van der Waals surface area contributed by atoms with Crippen molar-refractivity contribution >= 4 is 16.3 Å². The zero-order valence-electron chi connectivity index (χ0n) is 12.6. The van der Waals surface area contributed by atoms with Crippen LogP contribution < -0.4 is 0 Å². The Labute approximate surface area is 127 Å². The quantitative estimate of drug-likeness (QED) is 0.547. The molecule has 0 nitrogen and oxygen atoms in total. The summed E-state index contributed by atoms with van der Waals surface area (Å²) in [5.74, 6) is 3.31. The topological polar surface area (TPSA) is 0 Å². The summed E-state index contributed by atoms with van der Waals surface area (Å²) >= 11 is 0. The molecule has 0 saturated heterocycles. The zero-order valence-corrected chi connectivity index (χ0v) is 13.5. The van der Waals surface area contributed by atoms with E-state index in [0.29, 0.717) is 0 Å². The van der Waals surface area contributed by atoms with Crippen LogP contribution >= 0.6 is 7.92 Å². The molecule has 20 heavy (non-hydrogen) atoms. The second kappa shape index (κ2) is 5.49. The van der Waals surface area contributed by atoms with E-state index >= 15 is 0 Å². The number of benzene rings is 1. The molecule has 4 aliphatic carbocycles. The van der Waals surface area contributed by atoms with Crippen LogP contribution in [0.2, 0.25) is 0 Å². The summed E-state index contributed by atoms with van der Waals surface area (Å²) < 4.78 is 0. The predicted molar refractivity (Wildman–Crippen MR) is 89.6 cm³/mol. The van der Waals surface area contributed by atoms with Crippen molar-refractivity contribution in [3.05, 3.63) is 35.9 Å². The van der Waals surface area contributed by atoms with Gasteiger partial charge in [0.25, 0.3) is 0 Å². The highest BCUT2D eigenvalue weighted by atomic mass is 31.1. The second-order valence-corrected chi connectivity index (χ2v) is 10.1. The number of hydrogen-bond acceptors (Lipinski definition) is 0. The molecule has 0 N–H and O–H groups in total. The number of hydrogen-bond donors (Lipinski definition) is 0. The van der Waals surface area contributed by atoms with Gasteiger partial charge in [-0.05, 0) is 79.8 Å². The summed E-state index contributed by atoms with van der Waals surface area (Å²) in [6.07, 6.45) is 10.8. The molecular weight excluding hydrogens is 258 g/mol. The minimum Gasteiger partial charge on any atom is -0.0990 e. The highest BCUT2D eigenvalue weighted by Crippen LogP contribution is 2.68. The predicted octanol–water partition coefficient (Wildman–Crippen LogP) is 4.89. The third-order valence-electron chi connectivity index (χ3n) is 6.08. The average molecular weight is 283 g/mol. The third kappa shape index (κ3) is 2.48. The van der Waals surface area contributed by atoms with E-state index in [2.05, 4.69) is 37.0 Å². The van der Waals surface area contributed by atoms with E-state index in [0.717, 1.165) is 22.9 Å². The molecule has 0 amide bonds. The summed E-state index contributed by atoms with van der Waals surface area (Å²) in [7, 11) is 0.169. The Balaban J connectivity index is 0.00000121. The highest BCUT2D eigenvalue weighted by molar-refractivity contribution is 7.57. The molecule has 0 aliphatic heterocycles. The highest BCUT2D eigenvalue weighted by Gasteiger charge is 2.52. The number of rotatable bonds is 3. The lowest BCUT2D eigenvalue weighted by atomic mass is 9.56. The van der Waals surface area contributed by atoms with Crippen molar-refractivity contribution in [2.24, 2.45) is 17.8 Å². The van der Waals surface area contributed by atoms with Gasteiger partial charge in [0.2, 0.25) is 0 Å². The van der Waals surface area contributed by atoms with E-state index in [1.54, 1.807) is 44.1 Å². The van der Waals surface area contributed by atoms with Crippen LogP contribution in [0.3, 0.4) is 0 Å². The van der Waals surface area contributed by atoms with Crippen LogP contribution in [0.1, 0.15) is 44.1 Å². The molecule has 1 atom stereocenters. The van der Waals surface area contributed by atoms with Crippen molar-refractivity contribution in [1.82, 2.24) is 0 Å². The van der Waals surface area contributed by atoms with E-state index in [1.807, 2.05) is 0 Å². The van der Waals surface area contributed by atoms with E-state index in [4.69, 9.17) is 0 Å². The first kappa shape index (κ1) is 14.6. The fourth-order valence-corrected chi connectivity index (χ4v) is 8.36. The van der Waals surface area contributed by atoms with Gasteiger partial charge in [0, 0.05) is 8.41 Å². The summed E-state index contributed by atoms with van der Waals surface area (Å²) in [5.41, 5.74) is 1.58. The Bertz CT molecular complexity index is 420. The molecular formula is C18H25BP. The van der Waals surface area contributed by atoms with Crippen molar-refractivity contribution < 1.29 is 0 Å². The second-order valence-electron chi connectivity index (χ2n) is 7.48. The maximum Gasteiger partial charge on any atom is 0 e. The Kier molecular flexibility index (Phi) is 4.02. The van der Waals surface area contributed by atoms with Crippen LogP contribution in [0.25, 0.3) is 0 Å². The van der Waals surface area contributed by atoms with E-state index in [1.165, 1.54) is 6.16 Å². The molecule has 1 aromatic carbocycles. The van der Waals surface area contributed by atoms with E-state index < -0.39 is 0 Å². The van der Waals surface area contributed by atoms with Crippen LogP contribution in [0, 0.1) is 17.8 Å². The van der Waals surface area contributed by atoms with Crippen molar-refractivity contribution in [3.63, 3.8) is 0 Å². The van der Waals surface area contributed by atoms with Gasteiger partial charge in [0.1, 0.15) is 0 Å². The molecule has 4 fully saturated rings. The molecule has 4 aliphatic rings. The first-order valence-corrected chi connectivity index (χ1v) is 9.96. The molecule has 0 heterocycles. The Morgan fingerprint density at radius 3 is 1.95 bits per heavy atom. The molecule has 4 saturated carbocycles. The van der Waals surface area contributed by atoms with Crippen LogP contribution in [-0.4, -0.2) is 20.2 Å². The molecule has 105 valence electrons. The van der Waals surface area contributed by atoms with Crippen molar-refractivity contribution in [1.29, 1.82) is 0 Å². The molecule has 4 bridgehead atoms. The maximum absolute atomic E-state index is 2.61. The maximum atomic E-state index is 2.61. The van der Waals surface area contributed by atoms with Gasteiger partial charge in [-0.25, -0.2) is 0 Å². The lowest BCUT2D eigenvalue weighted by Gasteiger charge is -2.59. The lowest BCUT2D eigenvalue weighted by Crippen LogP contribution is -2.49. The van der Waals surface area contributed by atoms with Crippen LogP contribution in [-0.2, 0) is 6.16 Å². The van der Waals surface area contributed by atoms with Gasteiger partial charge < -0.3 is 0 Å². The minimum absolute atomic E-state index is 0. The summed E-state index contributed by atoms with van der Waals surface area (Å²) in [5, 5.41) is 0.778. The molecule has 0 unspecified atom stereocenters. The van der Waals surface area contributed by atoms with Crippen LogP contribution in [0.4, 0.5) is 0 Å². The molecule has 2 heteroatoms. The standard InChI is InChI=1S/C18H25P.B/c1-19(13-14-5-3-2-4-6-14)18-10-15-7-16(11-18)9-17(8-15)12-18;/h2-6,15-17H,7-13H2,1H3;/t15?,16?,17?,18?,19-;/m1./s1. The van der Waals surface area contributed by atoms with Gasteiger partial charge >= 0.3 is 0 Å². The van der Waals surface area contributed by atoms with E-state index in [9.17, 15) is 0 Å². The zero-order chi connectivity index (χ0) is 12.9. The fourth-order valence-electron chi connectivity index (χ4n) is 5.56. The molecule has 1 aromatic rings. The van der Waals surface area contributed by atoms with E-state index in [-0.39, 0.29) is 16.3 Å².